The van der Waals surface area contributed by atoms with E-state index in [1.807, 2.05) is 30.3 Å². The van der Waals surface area contributed by atoms with E-state index in [-0.39, 0.29) is 17.3 Å². The molecule has 2 nitrogen and oxygen atoms in total. The van der Waals surface area contributed by atoms with Crippen molar-refractivity contribution in [2.24, 2.45) is 11.3 Å². The van der Waals surface area contributed by atoms with Gasteiger partial charge in [-0.3, -0.25) is 4.79 Å². The van der Waals surface area contributed by atoms with Crippen LogP contribution in [0, 0.1) is 22.7 Å². The van der Waals surface area contributed by atoms with Gasteiger partial charge in [-0.05, 0) is 23.3 Å². The number of carbonyl (C=O) groups excluding carboxylic acids is 1. The Labute approximate surface area is 109 Å². The molecule has 1 saturated carbocycles. The minimum Gasteiger partial charge on any atom is -0.300 e. The van der Waals surface area contributed by atoms with E-state index in [0.29, 0.717) is 18.6 Å². The molecule has 1 aromatic carbocycles. The number of benzene rings is 1. The monoisotopic (exact) mass is 241 g/mol. The highest BCUT2D eigenvalue weighted by Gasteiger charge is 2.37. The first-order valence-electron chi connectivity index (χ1n) is 6.48. The topological polar surface area (TPSA) is 40.9 Å². The van der Waals surface area contributed by atoms with Gasteiger partial charge in [-0.25, -0.2) is 0 Å². The smallest absolute Gasteiger partial charge is 0.133 e. The van der Waals surface area contributed by atoms with Crippen molar-refractivity contribution in [2.75, 3.05) is 0 Å². The number of nitrogens with zero attached hydrogens (tertiary/aromatic N) is 1. The summed E-state index contributed by atoms with van der Waals surface area (Å²) < 4.78 is 0. The Kier molecular flexibility index (Phi) is 3.52. The average Bonchev–Trinajstić information content (AvgIpc) is 2.28. The van der Waals surface area contributed by atoms with Crippen molar-refractivity contribution < 1.29 is 4.79 Å². The minimum absolute atomic E-state index is 0.0316. The molecule has 0 N–H and O–H groups in total. The molecule has 1 fully saturated rings. The van der Waals surface area contributed by atoms with Crippen LogP contribution in [0.5, 0.6) is 0 Å². The molecule has 2 atom stereocenters. The van der Waals surface area contributed by atoms with Crippen molar-refractivity contribution in [2.45, 2.75) is 39.0 Å². The van der Waals surface area contributed by atoms with Gasteiger partial charge in [0.05, 0.1) is 12.0 Å². The molecule has 0 bridgehead atoms. The Morgan fingerprint density at radius 2 is 2.00 bits per heavy atom. The van der Waals surface area contributed by atoms with Crippen LogP contribution in [0.3, 0.4) is 0 Å². The maximum Gasteiger partial charge on any atom is 0.133 e. The van der Waals surface area contributed by atoms with E-state index in [9.17, 15) is 10.1 Å². The molecular weight excluding hydrogens is 222 g/mol. The number of Topliss-reactive ketones (excluding diaryl/α,β-unsaturated/α-hetero) is 1. The van der Waals surface area contributed by atoms with Gasteiger partial charge in [0.15, 0.2) is 0 Å². The molecule has 2 rings (SSSR count). The summed E-state index contributed by atoms with van der Waals surface area (Å²) in [5.41, 5.74) is 1.07. The summed E-state index contributed by atoms with van der Waals surface area (Å²) in [6, 6.07) is 12.2. The molecule has 18 heavy (non-hydrogen) atoms. The lowest BCUT2D eigenvalue weighted by atomic mass is 9.67. The molecule has 0 aliphatic heterocycles. The molecule has 0 radical (unpaired) electrons. The van der Waals surface area contributed by atoms with Crippen molar-refractivity contribution in [1.82, 2.24) is 0 Å². The Balaban J connectivity index is 2.24. The fraction of sp³-hybridized carbons (Fsp3) is 0.500. The molecular formula is C16H19NO. The quantitative estimate of drug-likeness (QED) is 0.792. The van der Waals surface area contributed by atoms with E-state index in [1.54, 1.807) is 0 Å². The molecule has 2 heteroatoms. The van der Waals surface area contributed by atoms with E-state index in [4.69, 9.17) is 0 Å². The third-order valence-electron chi connectivity index (χ3n) is 3.75. The number of nitriles is 1. The normalized spacial score (nSPS) is 24.3. The van der Waals surface area contributed by atoms with Crippen LogP contribution in [0.25, 0.3) is 0 Å². The van der Waals surface area contributed by atoms with E-state index >= 15 is 0 Å². The fourth-order valence-corrected chi connectivity index (χ4v) is 3.10. The lowest BCUT2D eigenvalue weighted by Crippen LogP contribution is -2.31. The Morgan fingerprint density at radius 1 is 1.33 bits per heavy atom. The molecule has 1 aromatic rings. The standard InChI is InChI=1S/C16H19NO/c1-16(2)9-13(8-14(18)10-16)15(11-17)12-6-4-3-5-7-12/h3-7,13,15H,8-10H2,1-2H3. The molecule has 0 heterocycles. The number of hydrogen-bond acceptors (Lipinski definition) is 2. The number of ketones is 1. The van der Waals surface area contributed by atoms with Gasteiger partial charge >= 0.3 is 0 Å². The summed E-state index contributed by atoms with van der Waals surface area (Å²) in [7, 11) is 0. The second kappa shape index (κ2) is 4.94. The second-order valence-electron chi connectivity index (χ2n) is 6.07. The van der Waals surface area contributed by atoms with Gasteiger partial charge in [0, 0.05) is 12.8 Å². The van der Waals surface area contributed by atoms with Gasteiger partial charge in [0.25, 0.3) is 0 Å². The van der Waals surface area contributed by atoms with Crippen LogP contribution in [-0.2, 0) is 4.79 Å². The predicted octanol–water partition coefficient (Wildman–Crippen LogP) is 3.69. The van der Waals surface area contributed by atoms with Crippen LogP contribution in [0.2, 0.25) is 0 Å². The molecule has 2 unspecified atom stereocenters. The third kappa shape index (κ3) is 2.79. The molecule has 94 valence electrons. The SMILES string of the molecule is CC1(C)CC(=O)CC(C(C#N)c2ccccc2)C1. The molecule has 1 aliphatic rings. The molecule has 0 saturated heterocycles. The Bertz CT molecular complexity index is 470. The Morgan fingerprint density at radius 3 is 2.56 bits per heavy atom. The van der Waals surface area contributed by atoms with Crippen molar-refractivity contribution in [3.05, 3.63) is 35.9 Å². The molecule has 0 aromatic heterocycles. The first-order valence-corrected chi connectivity index (χ1v) is 6.48. The van der Waals surface area contributed by atoms with Gasteiger partial charge in [-0.15, -0.1) is 0 Å². The van der Waals surface area contributed by atoms with Crippen LogP contribution in [0.1, 0.15) is 44.6 Å². The van der Waals surface area contributed by atoms with Crippen LogP contribution in [0.15, 0.2) is 30.3 Å². The van der Waals surface area contributed by atoms with Crippen LogP contribution >= 0.6 is 0 Å². The first kappa shape index (κ1) is 12.8. The van der Waals surface area contributed by atoms with Crippen molar-refractivity contribution in [1.29, 1.82) is 5.26 Å². The average molecular weight is 241 g/mol. The first-order chi connectivity index (χ1) is 8.52. The number of hydrogen-bond donors (Lipinski definition) is 0. The van der Waals surface area contributed by atoms with Gasteiger partial charge in [0.2, 0.25) is 0 Å². The second-order valence-corrected chi connectivity index (χ2v) is 6.07. The van der Waals surface area contributed by atoms with Gasteiger partial charge < -0.3 is 0 Å². The summed E-state index contributed by atoms with van der Waals surface area (Å²) in [6.45, 7) is 4.24. The highest BCUT2D eigenvalue weighted by atomic mass is 16.1. The van der Waals surface area contributed by atoms with Crippen LogP contribution in [0.4, 0.5) is 0 Å². The lowest BCUT2D eigenvalue weighted by molar-refractivity contribution is -0.124. The highest BCUT2D eigenvalue weighted by molar-refractivity contribution is 5.80. The van der Waals surface area contributed by atoms with Gasteiger partial charge in [0.1, 0.15) is 5.78 Å². The molecule has 0 spiro atoms. The van der Waals surface area contributed by atoms with E-state index in [0.717, 1.165) is 12.0 Å². The summed E-state index contributed by atoms with van der Waals surface area (Å²) in [5.74, 6) is 0.302. The largest absolute Gasteiger partial charge is 0.300 e. The van der Waals surface area contributed by atoms with Crippen molar-refractivity contribution >= 4 is 5.78 Å². The lowest BCUT2D eigenvalue weighted by Gasteiger charge is -2.36. The Hall–Kier alpha value is -1.62. The number of rotatable bonds is 2. The fourth-order valence-electron chi connectivity index (χ4n) is 3.10. The summed E-state index contributed by atoms with van der Waals surface area (Å²) >= 11 is 0. The summed E-state index contributed by atoms with van der Waals surface area (Å²) in [6.07, 6.45) is 2.15. The van der Waals surface area contributed by atoms with Crippen molar-refractivity contribution in [3.63, 3.8) is 0 Å². The highest BCUT2D eigenvalue weighted by Crippen LogP contribution is 2.42. The maximum atomic E-state index is 11.8. The van der Waals surface area contributed by atoms with Crippen molar-refractivity contribution in [3.8, 4) is 6.07 Å². The predicted molar refractivity (Wildman–Crippen MR) is 70.9 cm³/mol. The maximum absolute atomic E-state index is 11.8. The van der Waals surface area contributed by atoms with E-state index < -0.39 is 0 Å². The molecule has 0 amide bonds. The van der Waals surface area contributed by atoms with E-state index in [1.165, 1.54) is 0 Å². The van der Waals surface area contributed by atoms with Crippen LogP contribution < -0.4 is 0 Å². The molecule has 1 aliphatic carbocycles. The van der Waals surface area contributed by atoms with E-state index in [2.05, 4.69) is 19.9 Å². The third-order valence-corrected chi connectivity index (χ3v) is 3.75. The minimum atomic E-state index is -0.158. The zero-order valence-corrected chi connectivity index (χ0v) is 11.0. The van der Waals surface area contributed by atoms with Gasteiger partial charge in [-0.2, -0.15) is 5.26 Å². The summed E-state index contributed by atoms with van der Waals surface area (Å²) in [4.78, 5) is 11.8. The van der Waals surface area contributed by atoms with Gasteiger partial charge in [-0.1, -0.05) is 44.2 Å². The summed E-state index contributed by atoms with van der Waals surface area (Å²) in [5, 5.41) is 9.43. The zero-order chi connectivity index (χ0) is 13.2. The zero-order valence-electron chi connectivity index (χ0n) is 11.0. The number of carbonyl (C=O) groups is 1. The van der Waals surface area contributed by atoms with Crippen LogP contribution in [-0.4, -0.2) is 5.78 Å².